The fraction of sp³-hybridized carbons (Fsp3) is 0.333. The highest BCUT2D eigenvalue weighted by Gasteiger charge is 2.23. The van der Waals surface area contributed by atoms with Gasteiger partial charge in [0.2, 0.25) is 10.0 Å². The van der Waals surface area contributed by atoms with E-state index in [2.05, 4.69) is 5.92 Å². The molecular weight excluding hydrogens is 255 g/mol. The van der Waals surface area contributed by atoms with E-state index in [9.17, 15) is 12.8 Å². The maximum Gasteiger partial charge on any atom is 0.244 e. The molecule has 0 aliphatic heterocycles. The zero-order valence-electron chi connectivity index (χ0n) is 10.3. The second kappa shape index (κ2) is 5.38. The van der Waals surface area contributed by atoms with E-state index in [1.54, 1.807) is 6.92 Å². The molecule has 1 rings (SSSR count). The van der Waals surface area contributed by atoms with E-state index in [-0.39, 0.29) is 29.2 Å². The Morgan fingerprint density at radius 3 is 2.56 bits per heavy atom. The van der Waals surface area contributed by atoms with Gasteiger partial charge in [-0.2, -0.15) is 4.31 Å². The third-order valence-corrected chi connectivity index (χ3v) is 4.41. The first kappa shape index (κ1) is 14.5. The highest BCUT2D eigenvalue weighted by Crippen LogP contribution is 2.23. The fourth-order valence-corrected chi connectivity index (χ4v) is 3.01. The first-order valence-corrected chi connectivity index (χ1v) is 6.77. The Bertz CT molecular complexity index is 568. The minimum Gasteiger partial charge on any atom is -0.396 e. The molecule has 0 heterocycles. The van der Waals surface area contributed by atoms with Crippen molar-refractivity contribution in [3.8, 4) is 12.3 Å². The predicted octanol–water partition coefficient (Wildman–Crippen LogP) is 1.36. The Morgan fingerprint density at radius 2 is 2.11 bits per heavy atom. The number of nitrogen functional groups attached to an aromatic ring is 1. The molecule has 0 bridgehead atoms. The third kappa shape index (κ3) is 2.63. The number of sulfonamides is 1. The van der Waals surface area contributed by atoms with Gasteiger partial charge in [0.15, 0.2) is 0 Å². The minimum absolute atomic E-state index is 0.0326. The third-order valence-electron chi connectivity index (χ3n) is 2.51. The van der Waals surface area contributed by atoms with Gasteiger partial charge in [0.05, 0.1) is 17.1 Å². The quantitative estimate of drug-likeness (QED) is 0.663. The van der Waals surface area contributed by atoms with Crippen LogP contribution in [0.1, 0.15) is 12.5 Å². The Hall–Kier alpha value is -1.58. The van der Waals surface area contributed by atoms with Crippen LogP contribution in [0.4, 0.5) is 10.1 Å². The van der Waals surface area contributed by atoms with Crippen LogP contribution in [0.5, 0.6) is 0 Å². The van der Waals surface area contributed by atoms with E-state index in [1.165, 1.54) is 13.0 Å². The summed E-state index contributed by atoms with van der Waals surface area (Å²) in [6.07, 6.45) is 5.12. The predicted molar refractivity (Wildman–Crippen MR) is 68.8 cm³/mol. The molecule has 98 valence electrons. The topological polar surface area (TPSA) is 63.4 Å². The van der Waals surface area contributed by atoms with Gasteiger partial charge < -0.3 is 5.73 Å². The van der Waals surface area contributed by atoms with Crippen LogP contribution in [0, 0.1) is 25.1 Å². The number of rotatable bonds is 4. The largest absolute Gasteiger partial charge is 0.396 e. The van der Waals surface area contributed by atoms with Gasteiger partial charge in [-0.25, -0.2) is 12.8 Å². The average molecular weight is 270 g/mol. The van der Waals surface area contributed by atoms with Gasteiger partial charge in [0.25, 0.3) is 0 Å². The molecule has 0 saturated heterocycles. The van der Waals surface area contributed by atoms with Crippen molar-refractivity contribution < 1.29 is 12.8 Å². The molecule has 18 heavy (non-hydrogen) atoms. The molecule has 0 saturated carbocycles. The number of benzene rings is 1. The van der Waals surface area contributed by atoms with Crippen LogP contribution in [0.15, 0.2) is 17.0 Å². The molecule has 6 heteroatoms. The van der Waals surface area contributed by atoms with Crippen LogP contribution in [0.25, 0.3) is 0 Å². The van der Waals surface area contributed by atoms with Gasteiger partial charge >= 0.3 is 0 Å². The van der Waals surface area contributed by atoms with E-state index in [0.717, 1.165) is 10.4 Å². The van der Waals surface area contributed by atoms with Crippen molar-refractivity contribution in [2.75, 3.05) is 18.8 Å². The number of anilines is 1. The van der Waals surface area contributed by atoms with Crippen LogP contribution in [-0.2, 0) is 10.0 Å². The summed E-state index contributed by atoms with van der Waals surface area (Å²) in [4.78, 5) is -0.0454. The maximum absolute atomic E-state index is 13.4. The van der Waals surface area contributed by atoms with Crippen molar-refractivity contribution in [3.05, 3.63) is 23.5 Å². The highest BCUT2D eigenvalue weighted by atomic mass is 32.2. The van der Waals surface area contributed by atoms with Crippen molar-refractivity contribution >= 4 is 15.7 Å². The number of aryl methyl sites for hydroxylation is 1. The summed E-state index contributed by atoms with van der Waals surface area (Å²) < 4.78 is 38.9. The molecular formula is C12H15FN2O2S. The number of hydrogen-bond acceptors (Lipinski definition) is 3. The smallest absolute Gasteiger partial charge is 0.244 e. The Balaban J connectivity index is 3.33. The standard InChI is InChI=1S/C12H15FN2O2S/c1-4-6-15(5-2)18(16,17)10-7-9(3)12(13)11(14)8-10/h1,7-8H,5-6,14H2,2-3H3. The van der Waals surface area contributed by atoms with Gasteiger partial charge in [0.1, 0.15) is 5.82 Å². The lowest BCUT2D eigenvalue weighted by Crippen LogP contribution is -2.31. The summed E-state index contributed by atoms with van der Waals surface area (Å²) in [6, 6.07) is 2.36. The molecule has 0 unspecified atom stereocenters. The maximum atomic E-state index is 13.4. The van der Waals surface area contributed by atoms with Crippen LogP contribution in [0.3, 0.4) is 0 Å². The molecule has 0 amide bonds. The molecule has 2 N–H and O–H groups in total. The zero-order chi connectivity index (χ0) is 13.9. The molecule has 0 fully saturated rings. The SMILES string of the molecule is C#CCN(CC)S(=O)(=O)c1cc(C)c(F)c(N)c1. The van der Waals surface area contributed by atoms with Crippen LogP contribution in [0.2, 0.25) is 0 Å². The van der Waals surface area contributed by atoms with Gasteiger partial charge in [-0.15, -0.1) is 6.42 Å². The molecule has 0 atom stereocenters. The molecule has 1 aromatic carbocycles. The van der Waals surface area contributed by atoms with Crippen LogP contribution < -0.4 is 5.73 Å². The Morgan fingerprint density at radius 1 is 1.50 bits per heavy atom. The first-order chi connectivity index (χ1) is 8.34. The lowest BCUT2D eigenvalue weighted by atomic mass is 10.2. The summed E-state index contributed by atoms with van der Waals surface area (Å²) in [6.45, 7) is 3.34. The van der Waals surface area contributed by atoms with E-state index in [0.29, 0.717) is 0 Å². The number of nitrogens with two attached hydrogens (primary N) is 1. The van der Waals surface area contributed by atoms with Crippen molar-refractivity contribution in [2.24, 2.45) is 0 Å². The summed E-state index contributed by atoms with van der Waals surface area (Å²) in [5.74, 6) is 1.67. The molecule has 1 aromatic rings. The highest BCUT2D eigenvalue weighted by molar-refractivity contribution is 7.89. The summed E-state index contributed by atoms with van der Waals surface area (Å²) >= 11 is 0. The van der Waals surface area contributed by atoms with E-state index < -0.39 is 15.8 Å². The molecule has 0 aromatic heterocycles. The lowest BCUT2D eigenvalue weighted by Gasteiger charge is -2.18. The van der Waals surface area contributed by atoms with Gasteiger partial charge in [-0.1, -0.05) is 12.8 Å². The monoisotopic (exact) mass is 270 g/mol. The molecule has 4 nitrogen and oxygen atoms in total. The van der Waals surface area contributed by atoms with Crippen molar-refractivity contribution in [1.29, 1.82) is 0 Å². The fourth-order valence-electron chi connectivity index (χ4n) is 1.53. The number of hydrogen-bond donors (Lipinski definition) is 1. The number of terminal acetylenes is 1. The average Bonchev–Trinajstić information content (AvgIpc) is 2.31. The first-order valence-electron chi connectivity index (χ1n) is 5.33. The summed E-state index contributed by atoms with van der Waals surface area (Å²) in [5.41, 5.74) is 5.43. The molecule has 0 spiro atoms. The van der Waals surface area contributed by atoms with Gasteiger partial charge in [-0.3, -0.25) is 0 Å². The summed E-state index contributed by atoms with van der Waals surface area (Å²) in [5, 5.41) is 0. The normalized spacial score (nSPS) is 11.5. The number of halogens is 1. The van der Waals surface area contributed by atoms with Crippen LogP contribution in [-0.4, -0.2) is 25.8 Å². The van der Waals surface area contributed by atoms with Crippen molar-refractivity contribution in [1.82, 2.24) is 4.31 Å². The Kier molecular flexibility index (Phi) is 4.33. The van der Waals surface area contributed by atoms with E-state index in [1.807, 2.05) is 0 Å². The molecule has 0 radical (unpaired) electrons. The second-order valence-electron chi connectivity index (χ2n) is 3.78. The van der Waals surface area contributed by atoms with Gasteiger partial charge in [0, 0.05) is 6.54 Å². The summed E-state index contributed by atoms with van der Waals surface area (Å²) in [7, 11) is -3.73. The van der Waals surface area contributed by atoms with Gasteiger partial charge in [-0.05, 0) is 24.6 Å². The number of nitrogens with zero attached hydrogens (tertiary/aromatic N) is 1. The van der Waals surface area contributed by atoms with E-state index in [4.69, 9.17) is 12.2 Å². The van der Waals surface area contributed by atoms with Crippen LogP contribution >= 0.6 is 0 Å². The second-order valence-corrected chi connectivity index (χ2v) is 5.72. The molecule has 0 aliphatic rings. The van der Waals surface area contributed by atoms with Crippen molar-refractivity contribution in [3.63, 3.8) is 0 Å². The zero-order valence-corrected chi connectivity index (χ0v) is 11.1. The van der Waals surface area contributed by atoms with Crippen molar-refractivity contribution in [2.45, 2.75) is 18.7 Å². The minimum atomic E-state index is -3.73. The lowest BCUT2D eigenvalue weighted by molar-refractivity contribution is 0.464. The van der Waals surface area contributed by atoms with E-state index >= 15 is 0 Å². The Labute approximate surface area is 107 Å². The molecule has 0 aliphatic carbocycles.